The molecular formula is C40H43F3N6O2. The van der Waals surface area contributed by atoms with Gasteiger partial charge in [0.05, 0.1) is 18.2 Å². The lowest BCUT2D eigenvalue weighted by Gasteiger charge is -2.35. The maximum absolute atomic E-state index is 13.0. The minimum Gasteiger partial charge on any atom is -0.406 e. The van der Waals surface area contributed by atoms with Crippen LogP contribution in [0.2, 0.25) is 0 Å². The Kier molecular flexibility index (Phi) is 11.1. The van der Waals surface area contributed by atoms with E-state index in [2.05, 4.69) is 54.4 Å². The summed E-state index contributed by atoms with van der Waals surface area (Å²) in [7, 11) is 0. The number of nitriles is 1. The molecule has 0 unspecified atom stereocenters. The number of nitrogens with two attached hydrogens (primary N) is 1. The summed E-state index contributed by atoms with van der Waals surface area (Å²) in [4.78, 5) is 21.3. The molecule has 0 amide bonds. The van der Waals surface area contributed by atoms with Crippen LogP contribution in [0.4, 0.5) is 18.9 Å². The van der Waals surface area contributed by atoms with Crippen molar-refractivity contribution in [3.8, 4) is 22.9 Å². The van der Waals surface area contributed by atoms with Gasteiger partial charge in [0, 0.05) is 80.5 Å². The van der Waals surface area contributed by atoms with Crippen LogP contribution in [0.15, 0.2) is 66.9 Å². The molecule has 2 aliphatic rings. The first-order valence-electron chi connectivity index (χ1n) is 17.7. The molecule has 0 spiro atoms. The summed E-state index contributed by atoms with van der Waals surface area (Å²) < 4.78 is 44.8. The van der Waals surface area contributed by atoms with Crippen LogP contribution in [0, 0.1) is 17.9 Å². The quantitative estimate of drug-likeness (QED) is 0.118. The fraction of sp³-hybridized carbons (Fsp3) is 0.425. The van der Waals surface area contributed by atoms with Crippen molar-refractivity contribution in [2.75, 3.05) is 26.2 Å². The standard InChI is InChI=1S/C40H43F3N6O2/c1-46-36-9-7-8-31(25-44)35(36)27-48-22-20-47(21-23-48)26-29-11-16-37-33(24-29)34(30-12-14-32(15-13-30)51-40(41,42)43)28-49(37)19-6-3-10-38(50)39(45)17-4-2-5-18-39/h7-9,11-16,24,28H,2-6,10,17-23,26-27,45H2. The number of aryl methyl sites for hydroxylation is 1. The molecule has 51 heavy (non-hydrogen) atoms. The largest absolute Gasteiger partial charge is 0.573 e. The highest BCUT2D eigenvalue weighted by Gasteiger charge is 2.34. The highest BCUT2D eigenvalue weighted by Crippen LogP contribution is 2.35. The lowest BCUT2D eigenvalue weighted by Crippen LogP contribution is -2.49. The van der Waals surface area contributed by atoms with Crippen LogP contribution in [0.1, 0.15) is 68.1 Å². The van der Waals surface area contributed by atoms with Crippen LogP contribution in [-0.2, 0) is 24.4 Å². The summed E-state index contributed by atoms with van der Waals surface area (Å²) in [5.74, 6) is -0.108. The number of carbonyl (C=O) groups excluding carboxylic acids is 1. The molecule has 2 heterocycles. The molecular weight excluding hydrogens is 653 g/mol. The molecule has 266 valence electrons. The smallest absolute Gasteiger partial charge is 0.406 e. The van der Waals surface area contributed by atoms with Crippen LogP contribution in [-0.4, -0.2) is 58.2 Å². The van der Waals surface area contributed by atoms with Gasteiger partial charge in [-0.2, -0.15) is 5.26 Å². The number of fused-ring (bicyclic) bond motifs is 1. The molecule has 0 atom stereocenters. The first kappa shape index (κ1) is 36.1. The fourth-order valence-corrected chi connectivity index (χ4v) is 7.51. The van der Waals surface area contributed by atoms with Crippen molar-refractivity contribution in [2.24, 2.45) is 5.73 Å². The number of rotatable bonds is 12. The molecule has 1 saturated heterocycles. The van der Waals surface area contributed by atoms with Crippen LogP contribution < -0.4 is 10.5 Å². The van der Waals surface area contributed by atoms with E-state index < -0.39 is 11.9 Å². The summed E-state index contributed by atoms with van der Waals surface area (Å²) in [6, 6.07) is 19.9. The molecule has 1 saturated carbocycles. The van der Waals surface area contributed by atoms with Gasteiger partial charge in [-0.15, -0.1) is 13.2 Å². The maximum Gasteiger partial charge on any atom is 0.573 e. The molecule has 0 radical (unpaired) electrons. The van der Waals surface area contributed by atoms with E-state index in [1.807, 2.05) is 0 Å². The molecule has 2 N–H and O–H groups in total. The lowest BCUT2D eigenvalue weighted by atomic mass is 9.78. The van der Waals surface area contributed by atoms with Crippen LogP contribution >= 0.6 is 0 Å². The van der Waals surface area contributed by atoms with Gasteiger partial charge in [0.2, 0.25) is 0 Å². The zero-order chi connectivity index (χ0) is 36.0. The number of nitrogens with zero attached hydrogens (tertiary/aromatic N) is 5. The van der Waals surface area contributed by atoms with Crippen molar-refractivity contribution in [3.63, 3.8) is 0 Å². The lowest BCUT2D eigenvalue weighted by molar-refractivity contribution is -0.274. The number of carbonyl (C=O) groups is 1. The van der Waals surface area contributed by atoms with Gasteiger partial charge in [-0.25, -0.2) is 4.85 Å². The van der Waals surface area contributed by atoms with Crippen molar-refractivity contribution in [1.82, 2.24) is 14.4 Å². The molecule has 8 nitrogen and oxygen atoms in total. The number of hydrogen-bond donors (Lipinski definition) is 1. The Morgan fingerprint density at radius 1 is 0.961 bits per heavy atom. The number of alkyl halides is 3. The zero-order valence-corrected chi connectivity index (χ0v) is 28.7. The zero-order valence-electron chi connectivity index (χ0n) is 28.7. The Labute approximate surface area is 297 Å². The van der Waals surface area contributed by atoms with Gasteiger partial charge in [-0.05, 0) is 72.7 Å². The van der Waals surface area contributed by atoms with Crippen LogP contribution in [0.25, 0.3) is 26.9 Å². The average Bonchev–Trinajstić information content (AvgIpc) is 3.48. The van der Waals surface area contributed by atoms with Crippen molar-refractivity contribution >= 4 is 22.4 Å². The minimum atomic E-state index is -4.76. The van der Waals surface area contributed by atoms with E-state index in [1.165, 1.54) is 12.1 Å². The van der Waals surface area contributed by atoms with Crippen molar-refractivity contribution in [1.29, 1.82) is 5.26 Å². The summed E-state index contributed by atoms with van der Waals surface area (Å²) in [6.45, 7) is 12.8. The number of unbranched alkanes of at least 4 members (excludes halogenated alkanes) is 1. The van der Waals surface area contributed by atoms with Crippen molar-refractivity contribution in [3.05, 3.63) is 95.0 Å². The van der Waals surface area contributed by atoms with E-state index >= 15 is 0 Å². The molecule has 3 aromatic carbocycles. The molecule has 0 bridgehead atoms. The Bertz CT molecular complexity index is 1890. The third-order valence-electron chi connectivity index (χ3n) is 10.3. The number of Topliss-reactive ketones (excluding diaryl/α,β-unsaturated/α-hetero) is 1. The van der Waals surface area contributed by atoms with Gasteiger partial charge in [0.15, 0.2) is 11.5 Å². The molecule has 1 aliphatic carbocycles. The monoisotopic (exact) mass is 696 g/mol. The number of ketones is 1. The third-order valence-corrected chi connectivity index (χ3v) is 10.3. The highest BCUT2D eigenvalue weighted by molar-refractivity contribution is 5.96. The average molecular weight is 697 g/mol. The van der Waals surface area contributed by atoms with E-state index in [9.17, 15) is 23.2 Å². The molecule has 6 rings (SSSR count). The van der Waals surface area contributed by atoms with Crippen LogP contribution in [0.5, 0.6) is 5.75 Å². The summed E-state index contributed by atoms with van der Waals surface area (Å²) in [5.41, 5.74) is 11.5. The molecule has 2 fully saturated rings. The third kappa shape index (κ3) is 8.80. The summed E-state index contributed by atoms with van der Waals surface area (Å²) in [6.07, 6.45) is 3.97. The second-order valence-corrected chi connectivity index (χ2v) is 13.8. The van der Waals surface area contributed by atoms with Gasteiger partial charge < -0.3 is 15.0 Å². The van der Waals surface area contributed by atoms with Crippen LogP contribution in [0.3, 0.4) is 0 Å². The SMILES string of the molecule is [C-]#[N+]c1cccc(C#N)c1CN1CCN(Cc2ccc3c(c2)c(-c2ccc(OC(F)(F)F)cc2)cn3CCCCC(=O)C2(N)CCCCC2)CC1. The van der Waals surface area contributed by atoms with Gasteiger partial charge in [-0.1, -0.05) is 49.6 Å². The van der Waals surface area contributed by atoms with Gasteiger partial charge >= 0.3 is 6.36 Å². The Morgan fingerprint density at radius 2 is 1.67 bits per heavy atom. The first-order chi connectivity index (χ1) is 24.5. The summed E-state index contributed by atoms with van der Waals surface area (Å²) >= 11 is 0. The van der Waals surface area contributed by atoms with E-state index in [0.29, 0.717) is 30.8 Å². The van der Waals surface area contributed by atoms with Gasteiger partial charge in [-0.3, -0.25) is 14.6 Å². The van der Waals surface area contributed by atoms with E-state index in [-0.39, 0.29) is 11.5 Å². The van der Waals surface area contributed by atoms with Gasteiger partial charge in [0.25, 0.3) is 0 Å². The number of hydrogen-bond acceptors (Lipinski definition) is 6. The fourth-order valence-electron chi connectivity index (χ4n) is 7.51. The van der Waals surface area contributed by atoms with Gasteiger partial charge in [0.1, 0.15) is 5.75 Å². The number of halogens is 3. The molecule has 4 aromatic rings. The minimum absolute atomic E-state index is 0.159. The Morgan fingerprint density at radius 3 is 2.33 bits per heavy atom. The summed E-state index contributed by atoms with van der Waals surface area (Å²) in [5, 5.41) is 10.6. The normalized spacial score (nSPS) is 16.8. The topological polar surface area (TPSA) is 91.9 Å². The number of aromatic nitrogens is 1. The maximum atomic E-state index is 13.0. The first-order valence-corrected chi connectivity index (χ1v) is 17.7. The van der Waals surface area contributed by atoms with E-state index in [0.717, 1.165) is 111 Å². The Hall–Kier alpha value is -4.68. The molecule has 1 aromatic heterocycles. The second-order valence-electron chi connectivity index (χ2n) is 13.8. The second kappa shape index (κ2) is 15.7. The van der Waals surface area contributed by atoms with E-state index in [4.69, 9.17) is 12.3 Å². The van der Waals surface area contributed by atoms with Crippen molar-refractivity contribution in [2.45, 2.75) is 82.9 Å². The number of benzene rings is 3. The predicted molar refractivity (Wildman–Crippen MR) is 191 cm³/mol. The predicted octanol–water partition coefficient (Wildman–Crippen LogP) is 8.35. The molecule has 11 heteroatoms. The van der Waals surface area contributed by atoms with E-state index in [1.54, 1.807) is 30.3 Å². The van der Waals surface area contributed by atoms with Crippen molar-refractivity contribution < 1.29 is 22.7 Å². The number of piperazine rings is 1. The highest BCUT2D eigenvalue weighted by atomic mass is 19.4. The Balaban J connectivity index is 1.16. The number of ether oxygens (including phenoxy) is 1. The molecule has 1 aliphatic heterocycles.